The van der Waals surface area contributed by atoms with Crippen LogP contribution < -0.4 is 10.6 Å². The Morgan fingerprint density at radius 2 is 2.16 bits per heavy atom. The van der Waals surface area contributed by atoms with Gasteiger partial charge in [0, 0.05) is 36.8 Å². The highest BCUT2D eigenvalue weighted by Crippen LogP contribution is 2.36. The van der Waals surface area contributed by atoms with Gasteiger partial charge in [-0.1, -0.05) is 0 Å². The number of fused-ring (bicyclic) bond motifs is 1. The highest BCUT2D eigenvalue weighted by Gasteiger charge is 2.27. The van der Waals surface area contributed by atoms with Crippen LogP contribution >= 0.6 is 11.8 Å². The summed E-state index contributed by atoms with van der Waals surface area (Å²) in [6.45, 7) is 5.10. The lowest BCUT2D eigenvalue weighted by Crippen LogP contribution is -2.44. The molecule has 3 aliphatic rings. The molecule has 0 atom stereocenters. The van der Waals surface area contributed by atoms with Crippen molar-refractivity contribution in [3.63, 3.8) is 0 Å². The summed E-state index contributed by atoms with van der Waals surface area (Å²) in [4.78, 5) is 8.10. The van der Waals surface area contributed by atoms with Gasteiger partial charge in [-0.25, -0.2) is 4.68 Å². The summed E-state index contributed by atoms with van der Waals surface area (Å²) in [7, 11) is 0. The van der Waals surface area contributed by atoms with E-state index in [2.05, 4.69) is 31.7 Å². The molecule has 7 heteroatoms. The van der Waals surface area contributed by atoms with E-state index in [1.165, 1.54) is 16.3 Å². The summed E-state index contributed by atoms with van der Waals surface area (Å²) in [6.07, 6.45) is 3.94. The van der Waals surface area contributed by atoms with Gasteiger partial charge in [0.05, 0.1) is 17.9 Å². The second kappa shape index (κ2) is 4.57. The normalized spacial score (nSPS) is 22.5. The highest BCUT2D eigenvalue weighted by atomic mass is 32.2. The molecule has 0 spiro atoms. The Morgan fingerprint density at radius 1 is 1.26 bits per heavy atom. The zero-order valence-electron chi connectivity index (χ0n) is 10.6. The Hall–Kier alpha value is -1.47. The molecule has 3 aliphatic heterocycles. The van der Waals surface area contributed by atoms with Crippen molar-refractivity contribution in [2.24, 2.45) is 0 Å². The van der Waals surface area contributed by atoms with E-state index in [0.29, 0.717) is 0 Å². The minimum atomic E-state index is 0.839. The molecule has 0 unspecified atom stereocenters. The van der Waals surface area contributed by atoms with Gasteiger partial charge in [-0.15, -0.1) is 11.8 Å². The number of rotatable bonds is 1. The number of nitrogens with zero attached hydrogens (tertiary/aromatic N) is 4. The van der Waals surface area contributed by atoms with Crippen molar-refractivity contribution in [3.8, 4) is 0 Å². The third-order valence-corrected chi connectivity index (χ3v) is 4.69. The number of thioether (sulfide) groups is 1. The first-order valence-electron chi connectivity index (χ1n) is 6.59. The van der Waals surface area contributed by atoms with E-state index < -0.39 is 0 Å². The van der Waals surface area contributed by atoms with Gasteiger partial charge in [0.25, 0.3) is 0 Å². The second-order valence-corrected chi connectivity index (χ2v) is 5.92. The zero-order valence-corrected chi connectivity index (χ0v) is 11.4. The fourth-order valence-corrected chi connectivity index (χ4v) is 3.67. The monoisotopic (exact) mass is 276 g/mol. The van der Waals surface area contributed by atoms with Gasteiger partial charge in [-0.05, 0) is 6.08 Å². The molecule has 1 saturated heterocycles. The molecule has 0 bridgehead atoms. The molecule has 1 aromatic heterocycles. The fraction of sp³-hybridized carbons (Fsp3) is 0.500. The Morgan fingerprint density at radius 3 is 3.05 bits per heavy atom. The summed E-state index contributed by atoms with van der Waals surface area (Å²) in [5, 5.41) is 11.1. The van der Waals surface area contributed by atoms with Crippen LogP contribution in [-0.4, -0.2) is 51.6 Å². The number of aromatic nitrogens is 3. The Balaban J connectivity index is 1.65. The molecule has 1 fully saturated rings. The molecule has 0 aliphatic carbocycles. The smallest absolute Gasteiger partial charge is 0.226 e. The molecule has 4 rings (SSSR count). The predicted molar refractivity (Wildman–Crippen MR) is 75.7 cm³/mol. The van der Waals surface area contributed by atoms with E-state index in [1.807, 2.05) is 16.4 Å². The lowest BCUT2D eigenvalue weighted by Gasteiger charge is -2.36. The minimum absolute atomic E-state index is 0.839. The first-order chi connectivity index (χ1) is 9.42. The molecule has 0 radical (unpaired) electrons. The summed E-state index contributed by atoms with van der Waals surface area (Å²) in [5.41, 5.74) is 2.57. The molecule has 0 amide bonds. The van der Waals surface area contributed by atoms with Gasteiger partial charge >= 0.3 is 0 Å². The van der Waals surface area contributed by atoms with E-state index in [1.54, 1.807) is 6.33 Å². The average Bonchev–Trinajstić information content (AvgIpc) is 2.92. The SMILES string of the molecule is C1=C(N2CCNCC2)C2=C(Cn3ncnc3N2)SC1. The van der Waals surface area contributed by atoms with E-state index in [4.69, 9.17) is 0 Å². The van der Waals surface area contributed by atoms with Crippen molar-refractivity contribution < 1.29 is 0 Å². The summed E-state index contributed by atoms with van der Waals surface area (Å²) in [6, 6.07) is 0. The maximum Gasteiger partial charge on any atom is 0.226 e. The molecule has 6 nitrogen and oxygen atoms in total. The molecular weight excluding hydrogens is 260 g/mol. The van der Waals surface area contributed by atoms with Crippen molar-refractivity contribution in [2.75, 3.05) is 37.2 Å². The number of hydrogen-bond donors (Lipinski definition) is 2. The van der Waals surface area contributed by atoms with Crippen LogP contribution in [0.15, 0.2) is 28.7 Å². The van der Waals surface area contributed by atoms with Gasteiger partial charge in [-0.2, -0.15) is 10.1 Å². The molecule has 100 valence electrons. The number of piperazine rings is 1. The fourth-order valence-electron chi connectivity index (χ4n) is 2.71. The van der Waals surface area contributed by atoms with Gasteiger partial charge in [0.2, 0.25) is 5.95 Å². The van der Waals surface area contributed by atoms with Crippen molar-refractivity contribution in [3.05, 3.63) is 28.7 Å². The Bertz CT molecular complexity index is 554. The second-order valence-electron chi connectivity index (χ2n) is 4.80. The van der Waals surface area contributed by atoms with Crippen LogP contribution in [0.1, 0.15) is 0 Å². The first kappa shape index (κ1) is 11.4. The Kier molecular flexibility index (Phi) is 2.73. The maximum absolute atomic E-state index is 4.27. The molecule has 1 aromatic rings. The van der Waals surface area contributed by atoms with Crippen molar-refractivity contribution in [1.82, 2.24) is 25.0 Å². The summed E-state index contributed by atoms with van der Waals surface area (Å²) in [5.74, 6) is 1.89. The molecule has 0 aromatic carbocycles. The first-order valence-corrected chi connectivity index (χ1v) is 7.57. The summed E-state index contributed by atoms with van der Waals surface area (Å²) < 4.78 is 1.92. The van der Waals surface area contributed by atoms with Gasteiger partial charge in [-0.3, -0.25) is 0 Å². The number of nitrogens with one attached hydrogen (secondary N) is 2. The van der Waals surface area contributed by atoms with Gasteiger partial charge in [0.15, 0.2) is 0 Å². The third-order valence-electron chi connectivity index (χ3n) is 3.67. The van der Waals surface area contributed by atoms with Crippen LogP contribution in [-0.2, 0) is 6.54 Å². The standard InChI is InChI=1S/C12H16N6S/c1-6-19-10-7-18-12(14-8-15-18)16-11(10)9(1)17-4-2-13-3-5-17/h1,8,13H,2-7H2,(H,14,15,16). The number of allylic oxidation sites excluding steroid dienone is 1. The van der Waals surface area contributed by atoms with Gasteiger partial charge in [0.1, 0.15) is 6.33 Å². The predicted octanol–water partition coefficient (Wildman–Crippen LogP) is 0.451. The number of hydrogen-bond acceptors (Lipinski definition) is 6. The molecule has 0 saturated carbocycles. The minimum Gasteiger partial charge on any atom is -0.368 e. The molecule has 4 heterocycles. The van der Waals surface area contributed by atoms with E-state index in [-0.39, 0.29) is 0 Å². The van der Waals surface area contributed by atoms with E-state index >= 15 is 0 Å². The molecule has 19 heavy (non-hydrogen) atoms. The van der Waals surface area contributed by atoms with Gasteiger partial charge < -0.3 is 15.5 Å². The van der Waals surface area contributed by atoms with Crippen LogP contribution in [0.4, 0.5) is 5.95 Å². The highest BCUT2D eigenvalue weighted by molar-refractivity contribution is 8.03. The van der Waals surface area contributed by atoms with Crippen LogP contribution in [0, 0.1) is 0 Å². The van der Waals surface area contributed by atoms with Crippen LogP contribution in [0.25, 0.3) is 0 Å². The number of anilines is 1. The summed E-state index contributed by atoms with van der Waals surface area (Å²) >= 11 is 1.89. The lowest BCUT2D eigenvalue weighted by atomic mass is 10.2. The lowest BCUT2D eigenvalue weighted by molar-refractivity contribution is 0.303. The third kappa shape index (κ3) is 1.93. The zero-order chi connectivity index (χ0) is 12.7. The maximum atomic E-state index is 4.27. The van der Waals surface area contributed by atoms with Crippen LogP contribution in [0.2, 0.25) is 0 Å². The van der Waals surface area contributed by atoms with Crippen molar-refractivity contribution in [1.29, 1.82) is 0 Å². The molecular formula is C12H16N6S. The molecule has 2 N–H and O–H groups in total. The van der Waals surface area contributed by atoms with Crippen molar-refractivity contribution in [2.45, 2.75) is 6.54 Å². The van der Waals surface area contributed by atoms with Crippen LogP contribution in [0.3, 0.4) is 0 Å². The van der Waals surface area contributed by atoms with E-state index in [0.717, 1.165) is 44.4 Å². The van der Waals surface area contributed by atoms with E-state index in [9.17, 15) is 0 Å². The van der Waals surface area contributed by atoms with Crippen LogP contribution in [0.5, 0.6) is 0 Å². The quantitative estimate of drug-likeness (QED) is 0.777. The van der Waals surface area contributed by atoms with Crippen molar-refractivity contribution >= 4 is 17.7 Å². The average molecular weight is 276 g/mol. The largest absolute Gasteiger partial charge is 0.368 e. The Labute approximate surface area is 115 Å². The topological polar surface area (TPSA) is 58.0 Å².